The number of hydrogen-bond acceptors (Lipinski definition) is 2. The molecule has 0 bridgehead atoms. The van der Waals surface area contributed by atoms with Crippen LogP contribution in [0.25, 0.3) is 0 Å². The van der Waals surface area contributed by atoms with Gasteiger partial charge in [0.2, 0.25) is 0 Å². The first kappa shape index (κ1) is 8.69. The molecule has 14 heavy (non-hydrogen) atoms. The molecule has 0 saturated heterocycles. The maximum atomic E-state index is 11.9. The van der Waals surface area contributed by atoms with E-state index in [2.05, 4.69) is 4.98 Å². The van der Waals surface area contributed by atoms with Crippen molar-refractivity contribution in [1.29, 1.82) is 0 Å². The van der Waals surface area contributed by atoms with Crippen LogP contribution in [0.3, 0.4) is 0 Å². The van der Waals surface area contributed by atoms with Crippen LogP contribution in [0.4, 0.5) is 0 Å². The minimum Gasteiger partial charge on any atom is -0.272 e. The van der Waals surface area contributed by atoms with Crippen LogP contribution in [0.5, 0.6) is 0 Å². The lowest BCUT2D eigenvalue weighted by Gasteiger charge is -2.03. The molecular weight excluding hydrogens is 176 g/mol. The molecule has 0 aliphatic carbocycles. The van der Waals surface area contributed by atoms with Crippen molar-refractivity contribution in [3.05, 3.63) is 54.1 Å². The van der Waals surface area contributed by atoms with E-state index in [1.165, 1.54) is 10.9 Å². The van der Waals surface area contributed by atoms with E-state index in [0.717, 1.165) is 5.56 Å². The van der Waals surface area contributed by atoms with E-state index in [4.69, 9.17) is 0 Å². The molecule has 2 aromatic rings. The molecule has 70 valence electrons. The molecule has 3 heteroatoms. The minimum absolute atomic E-state index is 0.0411. The smallest absolute Gasteiger partial charge is 0.263 e. The van der Waals surface area contributed by atoms with Crippen LogP contribution in [0.2, 0.25) is 0 Å². The molecule has 0 saturated carbocycles. The molecule has 2 rings (SSSR count). The Kier molecular flexibility index (Phi) is 2.14. The highest BCUT2D eigenvalue weighted by molar-refractivity contribution is 5.97. The molecule has 3 nitrogen and oxygen atoms in total. The van der Waals surface area contributed by atoms with Gasteiger partial charge < -0.3 is 0 Å². The predicted molar refractivity (Wildman–Crippen MR) is 53.1 cm³/mol. The highest BCUT2D eigenvalue weighted by atomic mass is 16.2. The number of benzene rings is 1. The summed E-state index contributed by atoms with van der Waals surface area (Å²) in [4.78, 5) is 15.7. The highest BCUT2D eigenvalue weighted by Gasteiger charge is 2.08. The van der Waals surface area contributed by atoms with E-state index >= 15 is 0 Å². The molecule has 0 N–H and O–H groups in total. The van der Waals surface area contributed by atoms with Crippen molar-refractivity contribution in [3.8, 4) is 0 Å². The summed E-state index contributed by atoms with van der Waals surface area (Å²) in [5.74, 6) is -0.0411. The van der Waals surface area contributed by atoms with E-state index < -0.39 is 0 Å². The van der Waals surface area contributed by atoms with Gasteiger partial charge in [-0.1, -0.05) is 18.2 Å². The first-order chi connectivity index (χ1) is 6.79. The topological polar surface area (TPSA) is 34.9 Å². The molecular formula is C11H10N2O. The summed E-state index contributed by atoms with van der Waals surface area (Å²) < 4.78 is 1.47. The average Bonchev–Trinajstić information content (AvgIpc) is 2.70. The van der Waals surface area contributed by atoms with Gasteiger partial charge in [0.25, 0.3) is 5.91 Å². The van der Waals surface area contributed by atoms with Crippen molar-refractivity contribution in [2.45, 2.75) is 6.92 Å². The average molecular weight is 186 g/mol. The van der Waals surface area contributed by atoms with Gasteiger partial charge in [-0.3, -0.25) is 9.36 Å². The molecule has 0 aliphatic rings. The van der Waals surface area contributed by atoms with Crippen LogP contribution in [0.15, 0.2) is 43.0 Å². The molecule has 1 heterocycles. The van der Waals surface area contributed by atoms with E-state index in [0.29, 0.717) is 5.56 Å². The van der Waals surface area contributed by atoms with Crippen LogP contribution in [0.1, 0.15) is 15.9 Å². The van der Waals surface area contributed by atoms with Crippen molar-refractivity contribution in [1.82, 2.24) is 9.55 Å². The molecule has 0 radical (unpaired) electrons. The Morgan fingerprint density at radius 1 is 1.36 bits per heavy atom. The third kappa shape index (κ3) is 1.44. The van der Waals surface area contributed by atoms with Gasteiger partial charge in [0, 0.05) is 18.0 Å². The standard InChI is InChI=1S/C11H10N2O/c1-9-4-2-3-5-10(9)11(14)13-7-6-12-8-13/h2-8H,1H3. The number of aryl methyl sites for hydroxylation is 1. The van der Waals surface area contributed by atoms with Crippen molar-refractivity contribution in [3.63, 3.8) is 0 Å². The molecule has 0 aliphatic heterocycles. The van der Waals surface area contributed by atoms with Gasteiger partial charge in [-0.25, -0.2) is 4.98 Å². The number of hydrogen-bond donors (Lipinski definition) is 0. The second-order valence-corrected chi connectivity index (χ2v) is 3.09. The van der Waals surface area contributed by atoms with Gasteiger partial charge in [-0.2, -0.15) is 0 Å². The van der Waals surface area contributed by atoms with Crippen LogP contribution < -0.4 is 0 Å². The molecule has 0 spiro atoms. The van der Waals surface area contributed by atoms with Crippen LogP contribution in [0, 0.1) is 6.92 Å². The fourth-order valence-electron chi connectivity index (χ4n) is 1.33. The normalized spacial score (nSPS) is 10.1. The zero-order valence-corrected chi connectivity index (χ0v) is 7.84. The predicted octanol–water partition coefficient (Wildman–Crippen LogP) is 1.88. The summed E-state index contributed by atoms with van der Waals surface area (Å²) in [6.07, 6.45) is 4.75. The number of aromatic nitrogens is 2. The lowest BCUT2D eigenvalue weighted by molar-refractivity contribution is 0.0959. The van der Waals surface area contributed by atoms with E-state index in [-0.39, 0.29) is 5.91 Å². The van der Waals surface area contributed by atoms with Crippen molar-refractivity contribution >= 4 is 5.91 Å². The maximum absolute atomic E-state index is 11.9. The molecule has 0 unspecified atom stereocenters. The fourth-order valence-corrected chi connectivity index (χ4v) is 1.33. The number of carbonyl (C=O) groups excluding carboxylic acids is 1. The monoisotopic (exact) mass is 186 g/mol. The molecule has 1 aromatic heterocycles. The Labute approximate surface area is 82.0 Å². The zero-order chi connectivity index (χ0) is 9.97. The quantitative estimate of drug-likeness (QED) is 0.681. The van der Waals surface area contributed by atoms with Gasteiger partial charge >= 0.3 is 0 Å². The summed E-state index contributed by atoms with van der Waals surface area (Å²) in [6.45, 7) is 1.92. The Bertz CT molecular complexity index is 446. The van der Waals surface area contributed by atoms with Crippen molar-refractivity contribution < 1.29 is 4.79 Å². The zero-order valence-electron chi connectivity index (χ0n) is 7.84. The lowest BCUT2D eigenvalue weighted by Crippen LogP contribution is -2.10. The molecule has 1 aromatic carbocycles. The summed E-state index contributed by atoms with van der Waals surface area (Å²) in [7, 11) is 0. The van der Waals surface area contributed by atoms with Crippen LogP contribution in [-0.4, -0.2) is 15.5 Å². The van der Waals surface area contributed by atoms with Gasteiger partial charge in [-0.05, 0) is 18.6 Å². The second-order valence-electron chi connectivity index (χ2n) is 3.09. The van der Waals surface area contributed by atoms with E-state index in [1.807, 2.05) is 31.2 Å². The summed E-state index contributed by atoms with van der Waals surface area (Å²) in [5.41, 5.74) is 1.69. The summed E-state index contributed by atoms with van der Waals surface area (Å²) in [6, 6.07) is 7.51. The Balaban J connectivity index is 2.42. The first-order valence-electron chi connectivity index (χ1n) is 4.37. The molecule has 0 amide bonds. The highest BCUT2D eigenvalue weighted by Crippen LogP contribution is 2.08. The van der Waals surface area contributed by atoms with Gasteiger partial charge in [-0.15, -0.1) is 0 Å². The van der Waals surface area contributed by atoms with Gasteiger partial charge in [0.15, 0.2) is 0 Å². The number of nitrogens with zero attached hydrogens (tertiary/aromatic N) is 2. The Morgan fingerprint density at radius 3 is 2.79 bits per heavy atom. The van der Waals surface area contributed by atoms with Gasteiger partial charge in [0.05, 0.1) is 0 Å². The number of rotatable bonds is 1. The summed E-state index contributed by atoms with van der Waals surface area (Å²) >= 11 is 0. The van der Waals surface area contributed by atoms with Gasteiger partial charge in [0.1, 0.15) is 6.33 Å². The van der Waals surface area contributed by atoms with Crippen LogP contribution in [-0.2, 0) is 0 Å². The third-order valence-electron chi connectivity index (χ3n) is 2.11. The number of carbonyl (C=O) groups is 1. The third-order valence-corrected chi connectivity index (χ3v) is 2.11. The minimum atomic E-state index is -0.0411. The van der Waals surface area contributed by atoms with Crippen molar-refractivity contribution in [2.24, 2.45) is 0 Å². The van der Waals surface area contributed by atoms with Crippen LogP contribution >= 0.6 is 0 Å². The van der Waals surface area contributed by atoms with E-state index in [1.54, 1.807) is 12.4 Å². The largest absolute Gasteiger partial charge is 0.272 e. The van der Waals surface area contributed by atoms with Crippen molar-refractivity contribution in [2.75, 3.05) is 0 Å². The van der Waals surface area contributed by atoms with E-state index in [9.17, 15) is 4.79 Å². The first-order valence-corrected chi connectivity index (χ1v) is 4.37. The SMILES string of the molecule is Cc1ccccc1C(=O)n1ccnc1. The molecule has 0 atom stereocenters. The molecule has 0 fully saturated rings. The number of imidazole rings is 1. The second kappa shape index (κ2) is 3.46. The Hall–Kier alpha value is -1.90. The maximum Gasteiger partial charge on any atom is 0.263 e. The summed E-state index contributed by atoms with van der Waals surface area (Å²) in [5, 5.41) is 0. The Morgan fingerprint density at radius 2 is 2.14 bits per heavy atom. The fraction of sp³-hybridized carbons (Fsp3) is 0.0909. The lowest BCUT2D eigenvalue weighted by atomic mass is 10.1.